The Morgan fingerprint density at radius 3 is 2.06 bits per heavy atom. The number of hydrogen-bond donors (Lipinski definition) is 1. The van der Waals surface area contributed by atoms with Crippen molar-refractivity contribution in [2.45, 2.75) is 44.8 Å². The van der Waals surface area contributed by atoms with Crippen LogP contribution >= 0.6 is 0 Å². The molecule has 4 aromatic rings. The van der Waals surface area contributed by atoms with E-state index in [1.807, 2.05) is 42.9 Å². The summed E-state index contributed by atoms with van der Waals surface area (Å²) in [6, 6.07) is 27.0. The standard InChI is InChI=1S/C29H33N5O/c1-21(2)35-25-13-14-28(31-20-25)33-17-15-22(16-18-33)26-19-27(30)34(32-26)29(23-9-5-3-6-10-23)24-11-7-4-8-12-24/h3-14,19-22,29H,15-18,30H2,1-2H3. The first-order valence-electron chi connectivity index (χ1n) is 12.4. The quantitative estimate of drug-likeness (QED) is 0.379. The van der Waals surface area contributed by atoms with Gasteiger partial charge in [-0.1, -0.05) is 60.7 Å². The Morgan fingerprint density at radius 1 is 0.886 bits per heavy atom. The number of rotatable bonds is 7. The average Bonchev–Trinajstić information content (AvgIpc) is 3.27. The largest absolute Gasteiger partial charge is 0.489 e. The van der Waals surface area contributed by atoms with E-state index < -0.39 is 0 Å². The first-order valence-corrected chi connectivity index (χ1v) is 12.4. The van der Waals surface area contributed by atoms with Gasteiger partial charge in [-0.2, -0.15) is 5.10 Å². The van der Waals surface area contributed by atoms with Crippen LogP contribution in [-0.4, -0.2) is 34.0 Å². The Kier molecular flexibility index (Phi) is 6.70. The summed E-state index contributed by atoms with van der Waals surface area (Å²) in [5.74, 6) is 2.89. The van der Waals surface area contributed by atoms with Gasteiger partial charge in [0, 0.05) is 25.1 Å². The third-order valence-electron chi connectivity index (χ3n) is 6.59. The summed E-state index contributed by atoms with van der Waals surface area (Å²) < 4.78 is 7.71. The van der Waals surface area contributed by atoms with E-state index in [2.05, 4.69) is 70.5 Å². The number of benzene rings is 2. The molecule has 35 heavy (non-hydrogen) atoms. The minimum atomic E-state index is -0.0537. The topological polar surface area (TPSA) is 69.2 Å². The van der Waals surface area contributed by atoms with E-state index in [9.17, 15) is 0 Å². The Bertz CT molecular complexity index is 1170. The van der Waals surface area contributed by atoms with Crippen LogP contribution in [0.3, 0.4) is 0 Å². The van der Waals surface area contributed by atoms with Crippen LogP contribution in [0.15, 0.2) is 85.1 Å². The maximum atomic E-state index is 6.56. The fourth-order valence-electron chi connectivity index (χ4n) is 4.89. The van der Waals surface area contributed by atoms with E-state index in [0.29, 0.717) is 11.7 Å². The molecule has 0 amide bonds. The molecule has 5 rings (SSSR count). The third-order valence-corrected chi connectivity index (χ3v) is 6.59. The highest BCUT2D eigenvalue weighted by Gasteiger charge is 2.26. The van der Waals surface area contributed by atoms with Crippen LogP contribution in [0.1, 0.15) is 55.5 Å². The lowest BCUT2D eigenvalue weighted by Gasteiger charge is -2.32. The summed E-state index contributed by atoms with van der Waals surface area (Å²) in [6.07, 6.45) is 4.00. The van der Waals surface area contributed by atoms with Crippen molar-refractivity contribution in [2.75, 3.05) is 23.7 Å². The third kappa shape index (κ3) is 5.16. The summed E-state index contributed by atoms with van der Waals surface area (Å²) >= 11 is 0. The Balaban J connectivity index is 1.32. The van der Waals surface area contributed by atoms with Gasteiger partial charge >= 0.3 is 0 Å². The second-order valence-corrected chi connectivity index (χ2v) is 9.44. The second kappa shape index (κ2) is 10.2. The SMILES string of the molecule is CC(C)Oc1ccc(N2CCC(c3cc(N)n(C(c4ccccc4)c4ccccc4)n3)CC2)nc1. The van der Waals surface area contributed by atoms with Crippen LogP contribution in [0.25, 0.3) is 0 Å². The van der Waals surface area contributed by atoms with Gasteiger partial charge in [0.2, 0.25) is 0 Å². The first-order chi connectivity index (χ1) is 17.1. The molecule has 1 aliphatic rings. The van der Waals surface area contributed by atoms with Gasteiger partial charge in [-0.25, -0.2) is 9.67 Å². The minimum Gasteiger partial charge on any atom is -0.489 e. The number of ether oxygens (including phenoxy) is 1. The fourth-order valence-corrected chi connectivity index (χ4v) is 4.89. The molecular formula is C29H33N5O. The maximum Gasteiger partial charge on any atom is 0.138 e. The van der Waals surface area contributed by atoms with Crippen LogP contribution < -0.4 is 15.4 Å². The zero-order chi connectivity index (χ0) is 24.2. The van der Waals surface area contributed by atoms with Crippen LogP contribution in [0, 0.1) is 0 Å². The van der Waals surface area contributed by atoms with E-state index >= 15 is 0 Å². The van der Waals surface area contributed by atoms with Crippen molar-refractivity contribution in [1.29, 1.82) is 0 Å². The number of pyridine rings is 1. The van der Waals surface area contributed by atoms with E-state index in [4.69, 9.17) is 15.6 Å². The number of aromatic nitrogens is 3. The number of piperidine rings is 1. The smallest absolute Gasteiger partial charge is 0.138 e. The average molecular weight is 468 g/mol. The van der Waals surface area contributed by atoms with Crippen molar-refractivity contribution in [3.63, 3.8) is 0 Å². The molecule has 2 aromatic carbocycles. The molecule has 1 saturated heterocycles. The van der Waals surface area contributed by atoms with Crippen molar-refractivity contribution in [3.8, 4) is 5.75 Å². The summed E-state index contributed by atoms with van der Waals surface area (Å²) in [6.45, 7) is 5.93. The van der Waals surface area contributed by atoms with Crippen molar-refractivity contribution in [3.05, 3.63) is 102 Å². The number of hydrogen-bond acceptors (Lipinski definition) is 5. The van der Waals surface area contributed by atoms with E-state index in [0.717, 1.165) is 43.2 Å². The highest BCUT2D eigenvalue weighted by atomic mass is 16.5. The predicted octanol–water partition coefficient (Wildman–Crippen LogP) is 5.67. The molecule has 0 saturated carbocycles. The van der Waals surface area contributed by atoms with Gasteiger partial charge in [-0.15, -0.1) is 0 Å². The van der Waals surface area contributed by atoms with Gasteiger partial charge in [0.05, 0.1) is 18.0 Å². The monoisotopic (exact) mass is 467 g/mol. The Labute approximate surface area is 207 Å². The zero-order valence-corrected chi connectivity index (χ0v) is 20.4. The van der Waals surface area contributed by atoms with Crippen molar-refractivity contribution in [2.24, 2.45) is 0 Å². The normalized spacial score (nSPS) is 14.6. The number of nitrogens with zero attached hydrogens (tertiary/aromatic N) is 4. The van der Waals surface area contributed by atoms with Crippen LogP contribution in [0.4, 0.5) is 11.6 Å². The molecule has 2 aromatic heterocycles. The molecule has 0 radical (unpaired) electrons. The van der Waals surface area contributed by atoms with Gasteiger partial charge in [0.25, 0.3) is 0 Å². The summed E-state index contributed by atoms with van der Waals surface area (Å²) in [7, 11) is 0. The van der Waals surface area contributed by atoms with E-state index in [-0.39, 0.29) is 12.1 Å². The summed E-state index contributed by atoms with van der Waals surface area (Å²) in [5.41, 5.74) is 9.98. The van der Waals surface area contributed by atoms with E-state index in [1.54, 1.807) is 0 Å². The maximum absolute atomic E-state index is 6.56. The van der Waals surface area contributed by atoms with Gasteiger partial charge in [0.15, 0.2) is 0 Å². The number of nitrogens with two attached hydrogens (primary N) is 1. The molecule has 0 aliphatic carbocycles. The van der Waals surface area contributed by atoms with Gasteiger partial charge in [-0.3, -0.25) is 0 Å². The number of nitrogen functional groups attached to an aromatic ring is 1. The molecule has 1 aliphatic heterocycles. The Hall–Kier alpha value is -3.80. The molecule has 6 nitrogen and oxygen atoms in total. The molecular weight excluding hydrogens is 434 g/mol. The molecule has 0 atom stereocenters. The van der Waals surface area contributed by atoms with Crippen molar-refractivity contribution >= 4 is 11.6 Å². The first kappa shape index (κ1) is 23.0. The van der Waals surface area contributed by atoms with Crippen LogP contribution in [0.5, 0.6) is 5.75 Å². The molecule has 2 N–H and O–H groups in total. The highest BCUT2D eigenvalue weighted by molar-refractivity contribution is 5.43. The Morgan fingerprint density at radius 2 is 1.51 bits per heavy atom. The molecule has 180 valence electrons. The highest BCUT2D eigenvalue weighted by Crippen LogP contribution is 2.34. The van der Waals surface area contributed by atoms with Crippen LogP contribution in [-0.2, 0) is 0 Å². The van der Waals surface area contributed by atoms with E-state index in [1.165, 1.54) is 11.1 Å². The number of anilines is 2. The molecule has 0 spiro atoms. The second-order valence-electron chi connectivity index (χ2n) is 9.44. The lowest BCUT2D eigenvalue weighted by atomic mass is 9.93. The predicted molar refractivity (Wildman–Crippen MR) is 141 cm³/mol. The summed E-state index contributed by atoms with van der Waals surface area (Å²) in [5, 5.41) is 5.06. The summed E-state index contributed by atoms with van der Waals surface area (Å²) in [4.78, 5) is 6.96. The zero-order valence-electron chi connectivity index (χ0n) is 20.4. The van der Waals surface area contributed by atoms with Crippen LogP contribution in [0.2, 0.25) is 0 Å². The molecule has 0 unspecified atom stereocenters. The molecule has 1 fully saturated rings. The molecule has 0 bridgehead atoms. The van der Waals surface area contributed by atoms with Gasteiger partial charge in [-0.05, 0) is 49.9 Å². The molecule has 3 heterocycles. The van der Waals surface area contributed by atoms with Crippen molar-refractivity contribution in [1.82, 2.24) is 14.8 Å². The lowest BCUT2D eigenvalue weighted by molar-refractivity contribution is 0.241. The van der Waals surface area contributed by atoms with Gasteiger partial charge < -0.3 is 15.4 Å². The lowest BCUT2D eigenvalue weighted by Crippen LogP contribution is -2.33. The van der Waals surface area contributed by atoms with Gasteiger partial charge in [0.1, 0.15) is 23.4 Å². The molecule has 6 heteroatoms. The van der Waals surface area contributed by atoms with Crippen molar-refractivity contribution < 1.29 is 4.74 Å². The minimum absolute atomic E-state index is 0.0537. The fraction of sp³-hybridized carbons (Fsp3) is 0.310.